The van der Waals surface area contributed by atoms with Gasteiger partial charge in [-0.25, -0.2) is 14.5 Å². The van der Waals surface area contributed by atoms with Crippen molar-refractivity contribution in [3.63, 3.8) is 0 Å². The fourth-order valence-corrected chi connectivity index (χ4v) is 4.12. The summed E-state index contributed by atoms with van der Waals surface area (Å²) in [5.41, 5.74) is -0.948. The molecule has 0 radical (unpaired) electrons. The molecule has 1 unspecified atom stereocenters. The second-order valence-electron chi connectivity index (χ2n) is 10.4. The number of aliphatic carboxylic acids is 1. The van der Waals surface area contributed by atoms with Gasteiger partial charge in [0.25, 0.3) is 0 Å². The minimum Gasteiger partial charge on any atom is -0.480 e. The summed E-state index contributed by atoms with van der Waals surface area (Å²) in [6, 6.07) is 8.68. The number of benzene rings is 1. The van der Waals surface area contributed by atoms with Crippen LogP contribution in [0.25, 0.3) is 0 Å². The van der Waals surface area contributed by atoms with Gasteiger partial charge in [0.1, 0.15) is 17.9 Å². The van der Waals surface area contributed by atoms with Crippen molar-refractivity contribution in [1.29, 1.82) is 0 Å². The summed E-state index contributed by atoms with van der Waals surface area (Å²) >= 11 is 0. The number of carboxylic acid groups (broad SMARTS) is 1. The molecule has 3 amide bonds. The average molecular weight is 518 g/mol. The number of urea groups is 1. The van der Waals surface area contributed by atoms with E-state index >= 15 is 0 Å². The van der Waals surface area contributed by atoms with Gasteiger partial charge in [0.2, 0.25) is 5.91 Å². The van der Waals surface area contributed by atoms with E-state index in [1.165, 1.54) is 32.7 Å². The zero-order chi connectivity index (χ0) is 27.6. The molecule has 206 valence electrons. The molecule has 1 aliphatic rings. The molecule has 1 saturated carbocycles. The SMILES string of the molecule is CN/C=C\ON(C[C@H](OC1CCCCC1)c1ccccc1)C(=O)N(C(=O)C(C)C(C)C)C(C)(C)C(=O)O. The van der Waals surface area contributed by atoms with E-state index in [0.29, 0.717) is 0 Å². The van der Waals surface area contributed by atoms with E-state index in [9.17, 15) is 19.5 Å². The molecule has 1 aliphatic carbocycles. The second-order valence-corrected chi connectivity index (χ2v) is 10.4. The summed E-state index contributed by atoms with van der Waals surface area (Å²) in [4.78, 5) is 46.1. The molecular formula is C28H43N3O6. The van der Waals surface area contributed by atoms with Crippen LogP contribution >= 0.6 is 0 Å². The number of carbonyl (C=O) groups excluding carboxylic acids is 2. The molecule has 1 aromatic rings. The Hall–Kier alpha value is -3.07. The quantitative estimate of drug-likeness (QED) is 0.293. The number of hydrogen-bond acceptors (Lipinski definition) is 6. The molecule has 9 nitrogen and oxygen atoms in total. The Balaban J connectivity index is 2.47. The van der Waals surface area contributed by atoms with Gasteiger partial charge >= 0.3 is 12.0 Å². The topological polar surface area (TPSA) is 108 Å². The molecule has 37 heavy (non-hydrogen) atoms. The number of ether oxygens (including phenoxy) is 1. The van der Waals surface area contributed by atoms with Gasteiger partial charge in [0.05, 0.1) is 12.6 Å². The van der Waals surface area contributed by atoms with Crippen molar-refractivity contribution in [3.05, 3.63) is 48.4 Å². The van der Waals surface area contributed by atoms with E-state index in [1.807, 2.05) is 44.2 Å². The number of imide groups is 1. The molecule has 0 aliphatic heterocycles. The Morgan fingerprint density at radius 3 is 2.27 bits per heavy atom. The van der Waals surface area contributed by atoms with Gasteiger partial charge < -0.3 is 20.0 Å². The largest absolute Gasteiger partial charge is 0.480 e. The van der Waals surface area contributed by atoms with Crippen LogP contribution in [0.5, 0.6) is 0 Å². The van der Waals surface area contributed by atoms with Crippen molar-refractivity contribution in [3.8, 4) is 0 Å². The first kappa shape index (κ1) is 30.2. The van der Waals surface area contributed by atoms with Crippen LogP contribution in [-0.4, -0.2) is 58.2 Å². The minimum absolute atomic E-state index is 0.0388. The zero-order valence-corrected chi connectivity index (χ0v) is 23.0. The molecule has 1 fully saturated rings. The average Bonchev–Trinajstić information content (AvgIpc) is 2.87. The highest BCUT2D eigenvalue weighted by molar-refractivity contribution is 6.00. The van der Waals surface area contributed by atoms with Gasteiger partial charge in [-0.05, 0) is 38.2 Å². The summed E-state index contributed by atoms with van der Waals surface area (Å²) in [7, 11) is 1.68. The number of hydroxylamine groups is 2. The highest BCUT2D eigenvalue weighted by atomic mass is 16.7. The van der Waals surface area contributed by atoms with Crippen molar-refractivity contribution in [2.24, 2.45) is 11.8 Å². The summed E-state index contributed by atoms with van der Waals surface area (Å²) < 4.78 is 6.49. The third-order valence-corrected chi connectivity index (χ3v) is 6.93. The van der Waals surface area contributed by atoms with Gasteiger partial charge in [-0.2, -0.15) is 5.06 Å². The van der Waals surface area contributed by atoms with Crippen LogP contribution in [-0.2, 0) is 19.2 Å². The molecule has 0 spiro atoms. The molecule has 0 heterocycles. The van der Waals surface area contributed by atoms with Gasteiger partial charge in [0.15, 0.2) is 0 Å². The maximum absolute atomic E-state index is 13.9. The number of nitrogens with zero attached hydrogens (tertiary/aromatic N) is 2. The highest BCUT2D eigenvalue weighted by Crippen LogP contribution is 2.30. The normalized spacial score (nSPS) is 16.3. The Kier molecular flexibility index (Phi) is 11.4. The second kappa shape index (κ2) is 14.0. The molecule has 1 aromatic carbocycles. The van der Waals surface area contributed by atoms with Gasteiger partial charge in [-0.3, -0.25) is 4.79 Å². The van der Waals surface area contributed by atoms with Crippen molar-refractivity contribution in [2.45, 2.75) is 84.5 Å². The van der Waals surface area contributed by atoms with Crippen molar-refractivity contribution >= 4 is 17.9 Å². The lowest BCUT2D eigenvalue weighted by atomic mass is 9.93. The highest BCUT2D eigenvalue weighted by Gasteiger charge is 2.46. The maximum atomic E-state index is 13.9. The molecule has 2 atom stereocenters. The summed E-state index contributed by atoms with van der Waals surface area (Å²) in [5.74, 6) is -2.56. The van der Waals surface area contributed by atoms with Crippen LogP contribution < -0.4 is 5.32 Å². The van der Waals surface area contributed by atoms with Crippen LogP contribution in [0.4, 0.5) is 4.79 Å². The van der Waals surface area contributed by atoms with E-state index in [1.54, 1.807) is 14.0 Å². The number of amides is 3. The first-order valence-corrected chi connectivity index (χ1v) is 13.1. The Bertz CT molecular complexity index is 912. The molecule has 0 saturated heterocycles. The lowest BCUT2D eigenvalue weighted by Crippen LogP contribution is -2.61. The first-order valence-electron chi connectivity index (χ1n) is 13.1. The summed E-state index contributed by atoms with van der Waals surface area (Å²) in [6.07, 6.45) is 7.47. The fraction of sp³-hybridized carbons (Fsp3) is 0.607. The lowest BCUT2D eigenvalue weighted by molar-refractivity contribution is -0.161. The number of hydrogen-bond donors (Lipinski definition) is 2. The first-order chi connectivity index (χ1) is 17.5. The lowest BCUT2D eigenvalue weighted by Gasteiger charge is -2.39. The molecular weight excluding hydrogens is 474 g/mol. The molecule has 2 N–H and O–H groups in total. The van der Waals surface area contributed by atoms with E-state index in [4.69, 9.17) is 9.57 Å². The van der Waals surface area contributed by atoms with E-state index in [2.05, 4.69) is 5.32 Å². The number of carboxylic acids is 1. The van der Waals surface area contributed by atoms with E-state index in [-0.39, 0.29) is 18.6 Å². The third kappa shape index (κ3) is 8.21. The predicted molar refractivity (Wildman–Crippen MR) is 141 cm³/mol. The van der Waals surface area contributed by atoms with Crippen LogP contribution in [0.15, 0.2) is 42.8 Å². The molecule has 9 heteroatoms. The van der Waals surface area contributed by atoms with Crippen LogP contribution in [0.1, 0.15) is 78.4 Å². The fourth-order valence-electron chi connectivity index (χ4n) is 4.12. The summed E-state index contributed by atoms with van der Waals surface area (Å²) in [5, 5.41) is 13.8. The van der Waals surface area contributed by atoms with Crippen LogP contribution in [0.2, 0.25) is 0 Å². The summed E-state index contributed by atoms with van der Waals surface area (Å²) in [6.45, 7) is 8.04. The monoisotopic (exact) mass is 517 g/mol. The van der Waals surface area contributed by atoms with Crippen molar-refractivity contribution in [2.75, 3.05) is 13.6 Å². The Morgan fingerprint density at radius 1 is 1.11 bits per heavy atom. The van der Waals surface area contributed by atoms with Gasteiger partial charge in [-0.15, -0.1) is 0 Å². The standard InChI is InChI=1S/C28H43N3O6/c1-20(2)21(3)25(32)31(28(4,5)26(33)34)27(35)30(36-18-17-29-6)19-24(22-13-9-7-10-14-22)37-23-15-11-8-12-16-23/h7,9-10,13-14,17-18,20-21,23-24,29H,8,11-12,15-16,19H2,1-6H3,(H,33,34)/b18-17-/t21?,24-/m0/s1. The predicted octanol–water partition coefficient (Wildman–Crippen LogP) is 5.11. The number of rotatable bonds is 12. The van der Waals surface area contributed by atoms with Crippen LogP contribution in [0.3, 0.4) is 0 Å². The van der Waals surface area contributed by atoms with Gasteiger partial charge in [0, 0.05) is 19.2 Å². The maximum Gasteiger partial charge on any atom is 0.360 e. The Morgan fingerprint density at radius 2 is 1.73 bits per heavy atom. The Labute approximate surface area is 220 Å². The number of carbonyl (C=O) groups is 3. The van der Waals surface area contributed by atoms with Crippen LogP contribution in [0, 0.1) is 11.8 Å². The molecule has 0 bridgehead atoms. The zero-order valence-electron chi connectivity index (χ0n) is 23.0. The van der Waals surface area contributed by atoms with Crippen molar-refractivity contribution < 1.29 is 29.1 Å². The molecule has 0 aromatic heterocycles. The minimum atomic E-state index is -1.81. The van der Waals surface area contributed by atoms with Gasteiger partial charge in [-0.1, -0.05) is 70.4 Å². The van der Waals surface area contributed by atoms with Crippen molar-refractivity contribution in [1.82, 2.24) is 15.3 Å². The number of nitrogens with one attached hydrogen (secondary N) is 1. The smallest absolute Gasteiger partial charge is 0.360 e. The van der Waals surface area contributed by atoms with E-state index < -0.39 is 35.5 Å². The molecule has 2 rings (SSSR count). The van der Waals surface area contributed by atoms with E-state index in [0.717, 1.165) is 41.2 Å². The third-order valence-electron chi connectivity index (χ3n) is 6.93.